The van der Waals surface area contributed by atoms with Crippen LogP contribution in [0.25, 0.3) is 0 Å². The van der Waals surface area contributed by atoms with Gasteiger partial charge in [0.25, 0.3) is 0 Å². The van der Waals surface area contributed by atoms with Gasteiger partial charge in [-0.2, -0.15) is 0 Å². The summed E-state index contributed by atoms with van der Waals surface area (Å²) in [5.74, 6) is 0. The molecule has 0 spiro atoms. The van der Waals surface area contributed by atoms with Crippen LogP contribution < -0.4 is 4.78 Å². The van der Waals surface area contributed by atoms with E-state index in [0.717, 1.165) is 6.42 Å². The molecular formula is C16H26BBrO2S. The number of aryl methyl sites for hydroxylation is 1. The quantitative estimate of drug-likeness (QED) is 0.520. The molecule has 21 heavy (non-hydrogen) atoms. The van der Waals surface area contributed by atoms with Crippen LogP contribution in [0, 0.1) is 0 Å². The van der Waals surface area contributed by atoms with Crippen molar-refractivity contribution in [3.63, 3.8) is 0 Å². The Bertz CT molecular complexity index is 469. The van der Waals surface area contributed by atoms with Gasteiger partial charge in [0.1, 0.15) is 0 Å². The molecular weight excluding hydrogens is 347 g/mol. The highest BCUT2D eigenvalue weighted by molar-refractivity contribution is 9.11. The first-order valence-electron chi connectivity index (χ1n) is 7.90. The van der Waals surface area contributed by atoms with E-state index in [4.69, 9.17) is 9.31 Å². The molecule has 2 nitrogen and oxygen atoms in total. The normalized spacial score (nSPS) is 20.2. The Morgan fingerprint density at radius 1 is 1.10 bits per heavy atom. The number of hydrogen-bond acceptors (Lipinski definition) is 3. The molecule has 0 bridgehead atoms. The molecule has 0 atom stereocenters. The molecule has 5 heteroatoms. The summed E-state index contributed by atoms with van der Waals surface area (Å²) in [4.78, 5) is 0. The molecule has 0 aliphatic carbocycles. The monoisotopic (exact) mass is 372 g/mol. The summed E-state index contributed by atoms with van der Waals surface area (Å²) in [6.07, 6.45) is 6.31. The SMILES string of the molecule is CCCCCCc1cc(B2OC(C)(C)C(C)(C)O2)sc1Br. The van der Waals surface area contributed by atoms with Gasteiger partial charge in [-0.3, -0.25) is 0 Å². The zero-order chi connectivity index (χ0) is 15.7. The van der Waals surface area contributed by atoms with Crippen LogP contribution in [0.15, 0.2) is 9.85 Å². The molecule has 0 aromatic carbocycles. The summed E-state index contributed by atoms with van der Waals surface area (Å²) in [6.45, 7) is 10.6. The molecule has 2 heterocycles. The Morgan fingerprint density at radius 2 is 1.71 bits per heavy atom. The first-order valence-corrected chi connectivity index (χ1v) is 9.51. The van der Waals surface area contributed by atoms with E-state index in [1.807, 2.05) is 0 Å². The Labute approximate surface area is 141 Å². The highest BCUT2D eigenvalue weighted by Gasteiger charge is 2.52. The lowest BCUT2D eigenvalue weighted by Gasteiger charge is -2.32. The first-order chi connectivity index (χ1) is 9.77. The van der Waals surface area contributed by atoms with Crippen molar-refractivity contribution in [1.29, 1.82) is 0 Å². The predicted octanol–water partition coefficient (Wildman–Crippen LogP) is 4.93. The lowest BCUT2D eigenvalue weighted by molar-refractivity contribution is 0.00578. The second-order valence-corrected chi connectivity index (χ2v) is 9.25. The summed E-state index contributed by atoms with van der Waals surface area (Å²) in [7, 11) is -0.235. The third-order valence-electron chi connectivity index (χ3n) is 4.56. The maximum atomic E-state index is 6.13. The van der Waals surface area contributed by atoms with Gasteiger partial charge in [-0.15, -0.1) is 11.3 Å². The van der Waals surface area contributed by atoms with E-state index in [9.17, 15) is 0 Å². The molecule has 2 rings (SSSR count). The second-order valence-electron chi connectivity index (χ2n) is 6.85. The molecule has 1 aliphatic rings. The van der Waals surface area contributed by atoms with Gasteiger partial charge in [0.05, 0.1) is 15.0 Å². The Morgan fingerprint density at radius 3 is 2.29 bits per heavy atom. The van der Waals surface area contributed by atoms with Crippen molar-refractivity contribution in [2.24, 2.45) is 0 Å². The standard InChI is InChI=1S/C16H26BBrO2S/c1-6-7-8-9-10-12-11-13(21-14(12)18)17-19-15(2,3)16(4,5)20-17/h11H,6-10H2,1-5H3. The van der Waals surface area contributed by atoms with E-state index in [1.165, 1.54) is 39.8 Å². The molecule has 1 aromatic rings. The zero-order valence-corrected chi connectivity index (χ0v) is 16.2. The summed E-state index contributed by atoms with van der Waals surface area (Å²) >= 11 is 5.44. The highest BCUT2D eigenvalue weighted by atomic mass is 79.9. The predicted molar refractivity (Wildman–Crippen MR) is 95.6 cm³/mol. The molecule has 0 unspecified atom stereocenters. The number of unbranched alkanes of at least 4 members (excludes halogenated alkanes) is 3. The molecule has 1 aliphatic heterocycles. The number of hydrogen-bond donors (Lipinski definition) is 0. The Kier molecular flexibility index (Phi) is 5.62. The lowest BCUT2D eigenvalue weighted by atomic mass is 9.87. The minimum absolute atomic E-state index is 0.235. The topological polar surface area (TPSA) is 18.5 Å². The molecule has 0 N–H and O–H groups in total. The van der Waals surface area contributed by atoms with E-state index in [2.05, 4.69) is 56.6 Å². The van der Waals surface area contributed by atoms with Crippen LogP contribution in [0.2, 0.25) is 0 Å². The van der Waals surface area contributed by atoms with Crippen LogP contribution in [0.3, 0.4) is 0 Å². The van der Waals surface area contributed by atoms with Crippen molar-refractivity contribution in [2.45, 2.75) is 77.9 Å². The van der Waals surface area contributed by atoms with Crippen molar-refractivity contribution in [3.8, 4) is 0 Å². The van der Waals surface area contributed by atoms with Crippen molar-refractivity contribution < 1.29 is 9.31 Å². The van der Waals surface area contributed by atoms with Crippen molar-refractivity contribution in [1.82, 2.24) is 0 Å². The van der Waals surface area contributed by atoms with E-state index in [-0.39, 0.29) is 18.3 Å². The fourth-order valence-electron chi connectivity index (χ4n) is 2.41. The van der Waals surface area contributed by atoms with Crippen LogP contribution in [0.1, 0.15) is 65.9 Å². The van der Waals surface area contributed by atoms with Gasteiger partial charge in [0.2, 0.25) is 0 Å². The maximum absolute atomic E-state index is 6.13. The van der Waals surface area contributed by atoms with Gasteiger partial charge in [-0.05, 0) is 68.1 Å². The van der Waals surface area contributed by atoms with Crippen molar-refractivity contribution in [2.75, 3.05) is 0 Å². The maximum Gasteiger partial charge on any atom is 0.505 e. The van der Waals surface area contributed by atoms with E-state index < -0.39 is 0 Å². The summed E-state index contributed by atoms with van der Waals surface area (Å²) < 4.78 is 14.7. The number of rotatable bonds is 6. The summed E-state index contributed by atoms with van der Waals surface area (Å²) in [5, 5.41) is 0. The average Bonchev–Trinajstić information content (AvgIpc) is 2.84. The fraction of sp³-hybridized carbons (Fsp3) is 0.750. The number of halogens is 1. The summed E-state index contributed by atoms with van der Waals surface area (Å²) in [5.41, 5.74) is 0.853. The van der Waals surface area contributed by atoms with Gasteiger partial charge in [0.15, 0.2) is 0 Å². The molecule has 1 aromatic heterocycles. The molecule has 1 fully saturated rings. The van der Waals surface area contributed by atoms with Gasteiger partial charge >= 0.3 is 7.12 Å². The minimum Gasteiger partial charge on any atom is -0.399 e. The zero-order valence-electron chi connectivity index (χ0n) is 13.8. The van der Waals surface area contributed by atoms with Crippen LogP contribution in [-0.2, 0) is 15.7 Å². The van der Waals surface area contributed by atoms with Crippen molar-refractivity contribution >= 4 is 39.2 Å². The van der Waals surface area contributed by atoms with E-state index in [0.29, 0.717) is 0 Å². The third kappa shape index (κ3) is 3.93. The van der Waals surface area contributed by atoms with Gasteiger partial charge in [0, 0.05) is 4.78 Å². The van der Waals surface area contributed by atoms with E-state index in [1.54, 1.807) is 11.3 Å². The smallest absolute Gasteiger partial charge is 0.399 e. The highest BCUT2D eigenvalue weighted by Crippen LogP contribution is 2.37. The van der Waals surface area contributed by atoms with Gasteiger partial charge < -0.3 is 9.31 Å². The largest absolute Gasteiger partial charge is 0.505 e. The fourth-order valence-corrected chi connectivity index (χ4v) is 4.18. The Balaban J connectivity index is 2.02. The van der Waals surface area contributed by atoms with Crippen LogP contribution in [0.5, 0.6) is 0 Å². The molecule has 0 radical (unpaired) electrons. The second kappa shape index (κ2) is 6.73. The van der Waals surface area contributed by atoms with Crippen molar-refractivity contribution in [3.05, 3.63) is 15.4 Å². The summed E-state index contributed by atoms with van der Waals surface area (Å²) in [6, 6.07) is 2.25. The Hall–Kier alpha value is 0.165. The third-order valence-corrected chi connectivity index (χ3v) is 6.54. The minimum atomic E-state index is -0.268. The van der Waals surface area contributed by atoms with Crippen LogP contribution in [-0.4, -0.2) is 18.3 Å². The first kappa shape index (κ1) is 17.5. The number of thiophene rings is 1. The molecule has 0 amide bonds. The van der Waals surface area contributed by atoms with Gasteiger partial charge in [-0.25, -0.2) is 0 Å². The van der Waals surface area contributed by atoms with Gasteiger partial charge in [-0.1, -0.05) is 26.2 Å². The van der Waals surface area contributed by atoms with Crippen LogP contribution >= 0.6 is 27.3 Å². The average molecular weight is 373 g/mol. The van der Waals surface area contributed by atoms with E-state index >= 15 is 0 Å². The molecule has 0 saturated carbocycles. The molecule has 118 valence electrons. The molecule has 1 saturated heterocycles. The van der Waals surface area contributed by atoms with Crippen LogP contribution in [0.4, 0.5) is 0 Å². The lowest BCUT2D eigenvalue weighted by Crippen LogP contribution is -2.41.